The van der Waals surface area contributed by atoms with Crippen molar-refractivity contribution in [3.63, 3.8) is 0 Å². The van der Waals surface area contributed by atoms with E-state index in [1.54, 1.807) is 0 Å². The van der Waals surface area contributed by atoms with Crippen LogP contribution >= 0.6 is 23.2 Å². The molecule has 0 aliphatic rings. The molecule has 2 aromatic carbocycles. The molecule has 2 amide bonds. The fourth-order valence-corrected chi connectivity index (χ4v) is 1.97. The highest BCUT2D eigenvalue weighted by Crippen LogP contribution is 2.22. The molecule has 8 heteroatoms. The van der Waals surface area contributed by atoms with Gasteiger partial charge in [0.15, 0.2) is 0 Å². The van der Waals surface area contributed by atoms with E-state index in [1.807, 2.05) is 0 Å². The third-order valence-electron chi connectivity index (χ3n) is 2.70. The number of benzene rings is 2. The van der Waals surface area contributed by atoms with E-state index in [0.29, 0.717) is 0 Å². The molecule has 0 radical (unpaired) electrons. The Morgan fingerprint density at radius 1 is 0.773 bits per heavy atom. The van der Waals surface area contributed by atoms with E-state index >= 15 is 0 Å². The maximum Gasteiger partial charge on any atom is 0.273 e. The number of halogens is 2. The predicted molar refractivity (Wildman–Crippen MR) is 81.2 cm³/mol. The van der Waals surface area contributed by atoms with E-state index in [-0.39, 0.29) is 32.7 Å². The Kier molecular flexibility index (Phi) is 4.75. The average Bonchev–Trinajstić information content (AvgIpc) is 2.49. The highest BCUT2D eigenvalue weighted by molar-refractivity contribution is 6.31. The summed E-state index contributed by atoms with van der Waals surface area (Å²) in [7, 11) is 0. The molecule has 0 spiro atoms. The Labute approximate surface area is 135 Å². The Morgan fingerprint density at radius 3 is 1.50 bits per heavy atom. The molecular formula is C14H10Cl2N2O4. The van der Waals surface area contributed by atoms with Crippen LogP contribution in [0.3, 0.4) is 0 Å². The van der Waals surface area contributed by atoms with E-state index in [0.717, 1.165) is 0 Å². The first-order chi connectivity index (χ1) is 10.4. The SMILES string of the molecule is O=C(NNC(=O)c1cc(Cl)ccc1O)c1cc(Cl)ccc1O. The fourth-order valence-electron chi connectivity index (χ4n) is 1.63. The van der Waals surface area contributed by atoms with Crippen LogP contribution in [-0.4, -0.2) is 22.0 Å². The normalized spacial score (nSPS) is 10.1. The smallest absolute Gasteiger partial charge is 0.273 e. The second kappa shape index (κ2) is 6.55. The van der Waals surface area contributed by atoms with Crippen LogP contribution in [0.5, 0.6) is 11.5 Å². The van der Waals surface area contributed by atoms with E-state index in [1.165, 1.54) is 36.4 Å². The summed E-state index contributed by atoms with van der Waals surface area (Å²) in [5.41, 5.74) is 3.98. The first-order valence-electron chi connectivity index (χ1n) is 5.96. The molecule has 114 valence electrons. The topological polar surface area (TPSA) is 98.7 Å². The second-order valence-corrected chi connectivity index (χ2v) is 5.10. The predicted octanol–water partition coefficient (Wildman–Crippen LogP) is 2.48. The Hall–Kier alpha value is -2.44. The van der Waals surface area contributed by atoms with Gasteiger partial charge in [-0.15, -0.1) is 0 Å². The van der Waals surface area contributed by atoms with Crippen LogP contribution in [0.15, 0.2) is 36.4 Å². The van der Waals surface area contributed by atoms with Gasteiger partial charge in [0.05, 0.1) is 11.1 Å². The first kappa shape index (κ1) is 15.9. The van der Waals surface area contributed by atoms with E-state index < -0.39 is 11.8 Å². The average molecular weight is 341 g/mol. The zero-order valence-corrected chi connectivity index (χ0v) is 12.4. The number of aromatic hydroxyl groups is 2. The van der Waals surface area contributed by atoms with Gasteiger partial charge in [-0.05, 0) is 36.4 Å². The van der Waals surface area contributed by atoms with Gasteiger partial charge in [0.25, 0.3) is 11.8 Å². The number of phenols is 2. The Bertz CT molecular complexity index is 686. The van der Waals surface area contributed by atoms with Gasteiger partial charge in [0, 0.05) is 10.0 Å². The standard InChI is InChI=1S/C14H10Cl2N2O4/c15-7-1-3-11(19)9(5-7)13(21)17-18-14(22)10-6-8(16)2-4-12(10)20/h1-6,19-20H,(H,17,21)(H,18,22). The van der Waals surface area contributed by atoms with Crippen LogP contribution in [0.1, 0.15) is 20.7 Å². The van der Waals surface area contributed by atoms with Gasteiger partial charge in [0.2, 0.25) is 0 Å². The zero-order valence-electron chi connectivity index (χ0n) is 10.9. The molecule has 0 atom stereocenters. The van der Waals surface area contributed by atoms with Crippen molar-refractivity contribution in [3.8, 4) is 11.5 Å². The van der Waals surface area contributed by atoms with Crippen LogP contribution < -0.4 is 10.9 Å². The van der Waals surface area contributed by atoms with Crippen LogP contribution in [-0.2, 0) is 0 Å². The van der Waals surface area contributed by atoms with Crippen molar-refractivity contribution < 1.29 is 19.8 Å². The summed E-state index contributed by atoms with van der Waals surface area (Å²) in [5.74, 6) is -2.12. The molecule has 0 fully saturated rings. The van der Waals surface area contributed by atoms with Gasteiger partial charge < -0.3 is 10.2 Å². The third-order valence-corrected chi connectivity index (χ3v) is 3.17. The molecule has 0 aliphatic carbocycles. The molecule has 0 bridgehead atoms. The molecule has 0 aliphatic heterocycles. The monoisotopic (exact) mass is 340 g/mol. The van der Waals surface area contributed by atoms with Gasteiger partial charge in [-0.25, -0.2) is 0 Å². The number of hydrogen-bond acceptors (Lipinski definition) is 4. The Morgan fingerprint density at radius 2 is 1.14 bits per heavy atom. The zero-order chi connectivity index (χ0) is 16.3. The maximum absolute atomic E-state index is 11.9. The van der Waals surface area contributed by atoms with E-state index in [9.17, 15) is 19.8 Å². The van der Waals surface area contributed by atoms with Gasteiger partial charge in [-0.1, -0.05) is 23.2 Å². The number of phenolic OH excluding ortho intramolecular Hbond substituents is 2. The molecular weight excluding hydrogens is 331 g/mol. The molecule has 0 saturated carbocycles. The quantitative estimate of drug-likeness (QED) is 0.631. The van der Waals surface area contributed by atoms with Crippen molar-refractivity contribution in [2.45, 2.75) is 0 Å². The van der Waals surface area contributed by atoms with Gasteiger partial charge >= 0.3 is 0 Å². The molecule has 0 unspecified atom stereocenters. The summed E-state index contributed by atoms with van der Waals surface area (Å²) in [6.45, 7) is 0. The molecule has 4 N–H and O–H groups in total. The van der Waals surface area contributed by atoms with Crippen molar-refractivity contribution in [1.29, 1.82) is 0 Å². The Balaban J connectivity index is 2.09. The van der Waals surface area contributed by atoms with Crippen molar-refractivity contribution >= 4 is 35.0 Å². The lowest BCUT2D eigenvalue weighted by Crippen LogP contribution is -2.41. The van der Waals surface area contributed by atoms with E-state index in [4.69, 9.17) is 23.2 Å². The van der Waals surface area contributed by atoms with E-state index in [2.05, 4.69) is 10.9 Å². The van der Waals surface area contributed by atoms with Gasteiger partial charge in [0.1, 0.15) is 11.5 Å². The van der Waals surface area contributed by atoms with Gasteiger partial charge in [-0.2, -0.15) is 0 Å². The van der Waals surface area contributed by atoms with Crippen LogP contribution in [0.2, 0.25) is 10.0 Å². The highest BCUT2D eigenvalue weighted by Gasteiger charge is 2.15. The number of rotatable bonds is 2. The number of amides is 2. The maximum atomic E-state index is 11.9. The number of carbonyl (C=O) groups is 2. The van der Waals surface area contributed by atoms with Gasteiger partial charge in [-0.3, -0.25) is 20.4 Å². The molecule has 6 nitrogen and oxygen atoms in total. The summed E-state index contributed by atoms with van der Waals surface area (Å²) in [6, 6.07) is 7.82. The minimum Gasteiger partial charge on any atom is -0.507 e. The summed E-state index contributed by atoms with van der Waals surface area (Å²) in [5, 5.41) is 19.7. The molecule has 0 saturated heterocycles. The third kappa shape index (κ3) is 3.60. The number of nitrogens with one attached hydrogen (secondary N) is 2. The lowest BCUT2D eigenvalue weighted by molar-refractivity contribution is 0.0843. The molecule has 2 aromatic rings. The number of hydrazine groups is 1. The molecule has 0 heterocycles. The van der Waals surface area contributed by atoms with Crippen molar-refractivity contribution in [1.82, 2.24) is 10.9 Å². The largest absolute Gasteiger partial charge is 0.507 e. The van der Waals surface area contributed by atoms with Crippen LogP contribution in [0.4, 0.5) is 0 Å². The van der Waals surface area contributed by atoms with Crippen molar-refractivity contribution in [2.75, 3.05) is 0 Å². The summed E-state index contributed by atoms with van der Waals surface area (Å²) in [4.78, 5) is 23.7. The number of carbonyl (C=O) groups excluding carboxylic acids is 2. The van der Waals surface area contributed by atoms with Crippen molar-refractivity contribution in [3.05, 3.63) is 57.6 Å². The van der Waals surface area contributed by atoms with Crippen LogP contribution in [0.25, 0.3) is 0 Å². The fraction of sp³-hybridized carbons (Fsp3) is 0. The molecule has 22 heavy (non-hydrogen) atoms. The molecule has 2 rings (SSSR count). The summed E-state index contributed by atoms with van der Waals surface area (Å²) >= 11 is 11.5. The lowest BCUT2D eigenvalue weighted by atomic mass is 10.2. The minimum absolute atomic E-state index is 0.108. The first-order valence-corrected chi connectivity index (χ1v) is 6.72. The molecule has 0 aromatic heterocycles. The second-order valence-electron chi connectivity index (χ2n) is 4.23. The van der Waals surface area contributed by atoms with Crippen LogP contribution in [0, 0.1) is 0 Å². The summed E-state index contributed by atoms with van der Waals surface area (Å²) in [6.07, 6.45) is 0. The highest BCUT2D eigenvalue weighted by atomic mass is 35.5. The lowest BCUT2D eigenvalue weighted by Gasteiger charge is -2.10. The summed E-state index contributed by atoms with van der Waals surface area (Å²) < 4.78 is 0. The minimum atomic E-state index is -0.769. The van der Waals surface area contributed by atoms with Crippen molar-refractivity contribution in [2.24, 2.45) is 0 Å². The number of hydrogen-bond donors (Lipinski definition) is 4.